The van der Waals surface area contributed by atoms with Crippen LogP contribution in [0, 0.1) is 17.9 Å². The lowest BCUT2D eigenvalue weighted by molar-refractivity contribution is -0.130. The molecule has 15 heavy (non-hydrogen) atoms. The highest BCUT2D eigenvalue weighted by molar-refractivity contribution is 5.16. The molecule has 4 nitrogen and oxygen atoms in total. The zero-order chi connectivity index (χ0) is 10.9. The fourth-order valence-electron chi connectivity index (χ4n) is 1.07. The van der Waals surface area contributed by atoms with E-state index in [0.29, 0.717) is 0 Å². The first kappa shape index (κ1) is 11.2. The average molecular weight is 202 g/mol. The van der Waals surface area contributed by atoms with Crippen LogP contribution < -0.4 is 0 Å². The Labute approximate surface area is 88.5 Å². The second-order valence-corrected chi connectivity index (χ2v) is 2.67. The fraction of sp³-hybridized carbons (Fsp3) is 0.273. The van der Waals surface area contributed by atoms with Gasteiger partial charge in [-0.05, 0) is 0 Å². The summed E-state index contributed by atoms with van der Waals surface area (Å²) < 4.78 is 10.3. The second kappa shape index (κ2) is 6.56. The first-order valence-corrected chi connectivity index (χ1v) is 4.37. The van der Waals surface area contributed by atoms with E-state index in [9.17, 15) is 0 Å². The molecule has 1 rings (SSSR count). The predicted molar refractivity (Wildman–Crippen MR) is 53.3 cm³/mol. The molecule has 0 heterocycles. The Hall–Kier alpha value is -1.88. The molecule has 0 N–H and O–H groups in total. The van der Waals surface area contributed by atoms with E-state index in [1.165, 1.54) is 0 Å². The van der Waals surface area contributed by atoms with Gasteiger partial charge in [-0.3, -0.25) is 9.58 Å². The van der Waals surface area contributed by atoms with E-state index >= 15 is 0 Å². The average Bonchev–Trinajstić information content (AvgIpc) is 2.30. The van der Waals surface area contributed by atoms with Crippen LogP contribution >= 0.6 is 0 Å². The molecule has 0 aliphatic carbocycles. The van der Waals surface area contributed by atoms with Crippen molar-refractivity contribution in [3.63, 3.8) is 0 Å². The van der Waals surface area contributed by atoms with Crippen molar-refractivity contribution in [3.8, 4) is 6.07 Å². The van der Waals surface area contributed by atoms with Gasteiger partial charge in [0.25, 0.3) is 0 Å². The third-order valence-electron chi connectivity index (χ3n) is 1.66. The van der Waals surface area contributed by atoms with Gasteiger partial charge in [-0.15, -0.1) is 0 Å². The van der Waals surface area contributed by atoms with Gasteiger partial charge in [0.2, 0.25) is 0 Å². The van der Waals surface area contributed by atoms with Crippen molar-refractivity contribution < 1.29 is 9.47 Å². The van der Waals surface area contributed by atoms with E-state index in [-0.39, 0.29) is 13.3 Å². The Bertz CT molecular complexity index is 346. The van der Waals surface area contributed by atoms with Crippen molar-refractivity contribution in [2.45, 2.75) is 6.29 Å². The maximum Gasteiger partial charge on any atom is 0.320 e. The summed E-state index contributed by atoms with van der Waals surface area (Å²) in [5.74, 6) is 0. The maximum atomic E-state index is 8.40. The van der Waals surface area contributed by atoms with Crippen molar-refractivity contribution in [1.82, 2.24) is 0 Å². The summed E-state index contributed by atoms with van der Waals surface area (Å²) in [6.07, 6.45) is -0.639. The topological polar surface area (TPSA) is 46.6 Å². The third kappa shape index (κ3) is 3.78. The number of nitrogens with zero attached hydrogens (tertiary/aromatic N) is 2. The number of hydrogen-bond donors (Lipinski definition) is 0. The lowest BCUT2D eigenvalue weighted by Crippen LogP contribution is -2.08. The van der Waals surface area contributed by atoms with Crippen molar-refractivity contribution >= 4 is 0 Å². The van der Waals surface area contributed by atoms with Gasteiger partial charge in [0.1, 0.15) is 6.61 Å². The number of nitriles is 1. The van der Waals surface area contributed by atoms with Gasteiger partial charge in [-0.2, -0.15) is 5.26 Å². The molecule has 0 radical (unpaired) electrons. The molecule has 0 saturated carbocycles. The summed E-state index contributed by atoms with van der Waals surface area (Å²) in [4.78, 5) is 3.07. The summed E-state index contributed by atoms with van der Waals surface area (Å²) in [6.45, 7) is 6.48. The lowest BCUT2D eigenvalue weighted by Gasteiger charge is -2.13. The molecular formula is C11H10N2O2. The highest BCUT2D eigenvalue weighted by atomic mass is 16.7. The summed E-state index contributed by atoms with van der Waals surface area (Å²) in [7, 11) is 0. The smallest absolute Gasteiger partial charge is 0.320 e. The van der Waals surface area contributed by atoms with Crippen LogP contribution in [0.25, 0.3) is 4.85 Å². The summed E-state index contributed by atoms with van der Waals surface area (Å²) in [6, 6.07) is 11.1. The van der Waals surface area contributed by atoms with Crippen molar-refractivity contribution in [1.29, 1.82) is 5.26 Å². The third-order valence-corrected chi connectivity index (χ3v) is 1.66. The second-order valence-electron chi connectivity index (χ2n) is 2.67. The normalized spacial score (nSPS) is 11.3. The van der Waals surface area contributed by atoms with E-state index in [1.807, 2.05) is 36.4 Å². The molecule has 0 aliphatic heterocycles. The van der Waals surface area contributed by atoms with E-state index in [4.69, 9.17) is 21.3 Å². The van der Waals surface area contributed by atoms with Crippen LogP contribution in [-0.4, -0.2) is 13.3 Å². The van der Waals surface area contributed by atoms with Gasteiger partial charge in [-0.25, -0.2) is 6.57 Å². The molecule has 0 amide bonds. The molecule has 0 bridgehead atoms. The number of hydrogen-bond acceptors (Lipinski definition) is 3. The van der Waals surface area contributed by atoms with Crippen LogP contribution in [0.2, 0.25) is 0 Å². The minimum atomic E-state index is -0.639. The molecule has 1 unspecified atom stereocenters. The first-order chi connectivity index (χ1) is 7.38. The highest BCUT2D eigenvalue weighted by Crippen LogP contribution is 2.18. The molecule has 0 aromatic heterocycles. The lowest BCUT2D eigenvalue weighted by atomic mass is 10.2. The van der Waals surface area contributed by atoms with E-state index in [1.54, 1.807) is 0 Å². The summed E-state index contributed by atoms with van der Waals surface area (Å²) in [5.41, 5.74) is 0.802. The SMILES string of the molecule is [C-]#[N+]COC(OCC#N)c1ccccc1. The predicted octanol–water partition coefficient (Wildman–Crippen LogP) is 2.12. The Balaban J connectivity index is 2.64. The van der Waals surface area contributed by atoms with E-state index < -0.39 is 6.29 Å². The fourth-order valence-corrected chi connectivity index (χ4v) is 1.07. The molecule has 1 aromatic rings. The number of benzene rings is 1. The van der Waals surface area contributed by atoms with Crippen LogP contribution in [0.3, 0.4) is 0 Å². The minimum absolute atomic E-state index is 0.0580. The molecule has 1 aromatic carbocycles. The molecule has 0 saturated heterocycles. The zero-order valence-corrected chi connectivity index (χ0v) is 8.09. The summed E-state index contributed by atoms with van der Waals surface area (Å²) in [5, 5.41) is 8.40. The Kier molecular flexibility index (Phi) is 4.89. The summed E-state index contributed by atoms with van der Waals surface area (Å²) >= 11 is 0. The molecule has 0 spiro atoms. The minimum Gasteiger partial charge on any atom is -0.333 e. The van der Waals surface area contributed by atoms with Gasteiger partial charge in [0.15, 0.2) is 6.29 Å². The maximum absolute atomic E-state index is 8.40. The molecule has 0 aliphatic rings. The standard InChI is InChI=1S/C11H10N2O2/c1-13-9-15-11(14-8-7-12)10-5-3-2-4-6-10/h2-6,11H,8-9H2. The van der Waals surface area contributed by atoms with Gasteiger partial charge in [0.05, 0.1) is 6.07 Å². The monoisotopic (exact) mass is 202 g/mol. The van der Waals surface area contributed by atoms with Crippen LogP contribution in [-0.2, 0) is 9.47 Å². The first-order valence-electron chi connectivity index (χ1n) is 4.37. The molecular weight excluding hydrogens is 192 g/mol. The van der Waals surface area contributed by atoms with Crippen molar-refractivity contribution in [2.75, 3.05) is 13.3 Å². The quantitative estimate of drug-likeness (QED) is 0.542. The van der Waals surface area contributed by atoms with E-state index in [2.05, 4.69) is 4.85 Å². The van der Waals surface area contributed by atoms with Gasteiger partial charge < -0.3 is 4.74 Å². The molecule has 0 fully saturated rings. The zero-order valence-electron chi connectivity index (χ0n) is 8.09. The Morgan fingerprint density at radius 3 is 2.67 bits per heavy atom. The molecule has 4 heteroatoms. The van der Waals surface area contributed by atoms with Crippen LogP contribution in [0.15, 0.2) is 30.3 Å². The van der Waals surface area contributed by atoms with Crippen molar-refractivity contribution in [2.24, 2.45) is 0 Å². The molecule has 1 atom stereocenters. The Morgan fingerprint density at radius 1 is 1.33 bits per heavy atom. The van der Waals surface area contributed by atoms with Crippen molar-refractivity contribution in [3.05, 3.63) is 47.3 Å². The highest BCUT2D eigenvalue weighted by Gasteiger charge is 2.12. The Morgan fingerprint density at radius 2 is 2.07 bits per heavy atom. The van der Waals surface area contributed by atoms with Crippen LogP contribution in [0.1, 0.15) is 11.9 Å². The van der Waals surface area contributed by atoms with Crippen LogP contribution in [0.4, 0.5) is 0 Å². The van der Waals surface area contributed by atoms with Gasteiger partial charge >= 0.3 is 6.73 Å². The van der Waals surface area contributed by atoms with Crippen LogP contribution in [0.5, 0.6) is 0 Å². The number of ether oxygens (including phenoxy) is 2. The number of rotatable bonds is 5. The molecule has 76 valence electrons. The van der Waals surface area contributed by atoms with Gasteiger partial charge in [0, 0.05) is 5.56 Å². The largest absolute Gasteiger partial charge is 0.333 e. The van der Waals surface area contributed by atoms with E-state index in [0.717, 1.165) is 5.56 Å². The van der Waals surface area contributed by atoms with Gasteiger partial charge in [-0.1, -0.05) is 30.3 Å².